The van der Waals surface area contributed by atoms with Gasteiger partial charge in [0.25, 0.3) is 0 Å². The van der Waals surface area contributed by atoms with E-state index in [-0.39, 0.29) is 5.41 Å². The maximum Gasteiger partial charge on any atom is 0.104 e. The van der Waals surface area contributed by atoms with Crippen LogP contribution in [0.2, 0.25) is 0 Å². The minimum absolute atomic E-state index is 0.0175. The number of allylic oxidation sites excluding steroid dienone is 5. The quantitative estimate of drug-likeness (QED) is 0.524. The summed E-state index contributed by atoms with van der Waals surface area (Å²) in [5.41, 5.74) is 13.2. The van der Waals surface area contributed by atoms with Crippen LogP contribution in [0.4, 0.5) is 0 Å². The Hall–Kier alpha value is -2.00. The molecule has 2 aliphatic heterocycles. The van der Waals surface area contributed by atoms with E-state index in [1.165, 1.54) is 73.9 Å². The van der Waals surface area contributed by atoms with Crippen LogP contribution in [0, 0.1) is 11.3 Å². The fourth-order valence-corrected chi connectivity index (χ4v) is 5.79. The number of benzene rings is 1. The number of hydrogen-bond acceptors (Lipinski definition) is 3. The standard InChI is InChI=1S/C28H40N2O/c1-20-21(2)31-22(3)25-18-28(4,27(29)26(20)25)19-30-16-14-24(15-17-30)13-9-8-12-23-10-6-5-7-11-23/h5-7,10-11,24H,8-9,12-19,29H2,1-4H3. The van der Waals surface area contributed by atoms with Gasteiger partial charge in [-0.15, -0.1) is 0 Å². The second kappa shape index (κ2) is 9.24. The molecule has 0 bridgehead atoms. The van der Waals surface area contributed by atoms with Gasteiger partial charge >= 0.3 is 0 Å². The van der Waals surface area contributed by atoms with Gasteiger partial charge < -0.3 is 15.4 Å². The molecular weight excluding hydrogens is 380 g/mol. The molecule has 31 heavy (non-hydrogen) atoms. The second-order valence-corrected chi connectivity index (χ2v) is 10.3. The fraction of sp³-hybridized carbons (Fsp3) is 0.571. The third-order valence-corrected chi connectivity index (χ3v) is 7.87. The third-order valence-electron chi connectivity index (χ3n) is 7.87. The fourth-order valence-electron chi connectivity index (χ4n) is 5.79. The van der Waals surface area contributed by atoms with E-state index in [9.17, 15) is 0 Å². The minimum Gasteiger partial charge on any atom is -0.466 e. The molecule has 1 aliphatic carbocycles. The Labute approximate surface area is 189 Å². The van der Waals surface area contributed by atoms with Gasteiger partial charge in [-0.2, -0.15) is 0 Å². The Balaban J connectivity index is 1.26. The normalized spacial score (nSPS) is 25.3. The molecular formula is C28H40N2O. The van der Waals surface area contributed by atoms with E-state index in [2.05, 4.69) is 62.9 Å². The van der Waals surface area contributed by atoms with Crippen molar-refractivity contribution in [3.63, 3.8) is 0 Å². The number of hydrogen-bond donors (Lipinski definition) is 1. The van der Waals surface area contributed by atoms with Crippen molar-refractivity contribution in [2.45, 2.75) is 72.6 Å². The SMILES string of the molecule is CC1=C(C)C2=C(N)C(C)(CN3CCC(CCCCc4ccccc4)CC3)CC2=C(C)O1. The molecule has 0 radical (unpaired) electrons. The van der Waals surface area contributed by atoms with Crippen molar-refractivity contribution >= 4 is 0 Å². The monoisotopic (exact) mass is 420 g/mol. The van der Waals surface area contributed by atoms with Gasteiger partial charge in [0.1, 0.15) is 11.5 Å². The average Bonchev–Trinajstić information content (AvgIpc) is 3.03. The van der Waals surface area contributed by atoms with E-state index in [4.69, 9.17) is 10.5 Å². The molecule has 1 aromatic carbocycles. The lowest BCUT2D eigenvalue weighted by Crippen LogP contribution is -2.42. The highest BCUT2D eigenvalue weighted by Gasteiger charge is 2.43. The van der Waals surface area contributed by atoms with Crippen molar-refractivity contribution in [3.8, 4) is 0 Å². The lowest BCUT2D eigenvalue weighted by Gasteiger charge is -2.38. The van der Waals surface area contributed by atoms with Gasteiger partial charge in [-0.05, 0) is 83.0 Å². The van der Waals surface area contributed by atoms with Gasteiger partial charge in [0.2, 0.25) is 0 Å². The summed E-state index contributed by atoms with van der Waals surface area (Å²) in [6.07, 6.45) is 8.95. The smallest absolute Gasteiger partial charge is 0.104 e. The van der Waals surface area contributed by atoms with Crippen LogP contribution >= 0.6 is 0 Å². The Morgan fingerprint density at radius 1 is 1.03 bits per heavy atom. The molecule has 1 saturated heterocycles. The van der Waals surface area contributed by atoms with Crippen molar-refractivity contribution in [2.24, 2.45) is 17.1 Å². The summed E-state index contributed by atoms with van der Waals surface area (Å²) in [6.45, 7) is 12.1. The van der Waals surface area contributed by atoms with E-state index in [0.29, 0.717) is 0 Å². The van der Waals surface area contributed by atoms with Crippen molar-refractivity contribution in [1.29, 1.82) is 0 Å². The molecule has 0 amide bonds. The van der Waals surface area contributed by atoms with Gasteiger partial charge in [0.15, 0.2) is 0 Å². The van der Waals surface area contributed by atoms with Gasteiger partial charge in [-0.1, -0.05) is 50.1 Å². The number of aryl methyl sites for hydroxylation is 1. The van der Waals surface area contributed by atoms with Crippen LogP contribution in [0.1, 0.15) is 71.8 Å². The third kappa shape index (κ3) is 4.77. The van der Waals surface area contributed by atoms with Crippen LogP contribution in [-0.4, -0.2) is 24.5 Å². The van der Waals surface area contributed by atoms with Gasteiger partial charge in [0.05, 0.1) is 0 Å². The lowest BCUT2D eigenvalue weighted by atomic mass is 9.84. The molecule has 168 valence electrons. The highest BCUT2D eigenvalue weighted by Crippen LogP contribution is 2.50. The number of piperidine rings is 1. The molecule has 0 spiro atoms. The zero-order valence-electron chi connectivity index (χ0n) is 20.0. The summed E-state index contributed by atoms with van der Waals surface area (Å²) >= 11 is 0. The summed E-state index contributed by atoms with van der Waals surface area (Å²) in [5, 5.41) is 0. The number of nitrogens with zero attached hydrogens (tertiary/aromatic N) is 1. The van der Waals surface area contributed by atoms with E-state index in [1.54, 1.807) is 0 Å². The second-order valence-electron chi connectivity index (χ2n) is 10.3. The maximum atomic E-state index is 6.79. The highest BCUT2D eigenvalue weighted by molar-refractivity contribution is 5.58. The van der Waals surface area contributed by atoms with Crippen LogP contribution in [0.25, 0.3) is 0 Å². The highest BCUT2D eigenvalue weighted by atomic mass is 16.5. The number of fused-ring (bicyclic) bond motifs is 1. The molecule has 3 nitrogen and oxygen atoms in total. The Morgan fingerprint density at radius 3 is 2.45 bits per heavy atom. The molecule has 2 heterocycles. The average molecular weight is 421 g/mol. The molecule has 1 atom stereocenters. The number of rotatable bonds is 7. The molecule has 0 aromatic heterocycles. The van der Waals surface area contributed by atoms with Gasteiger partial charge in [-0.25, -0.2) is 0 Å². The first-order chi connectivity index (χ1) is 14.9. The van der Waals surface area contributed by atoms with Crippen LogP contribution < -0.4 is 5.73 Å². The minimum atomic E-state index is 0.0175. The molecule has 1 aromatic rings. The van der Waals surface area contributed by atoms with Crippen LogP contribution in [0.3, 0.4) is 0 Å². The molecule has 4 rings (SSSR count). The van der Waals surface area contributed by atoms with Crippen molar-refractivity contribution < 1.29 is 4.74 Å². The Morgan fingerprint density at radius 2 is 1.74 bits per heavy atom. The molecule has 1 unspecified atom stereocenters. The number of unbranched alkanes of at least 4 members (excludes halogenated alkanes) is 1. The van der Waals surface area contributed by atoms with Crippen molar-refractivity contribution in [2.75, 3.05) is 19.6 Å². The lowest BCUT2D eigenvalue weighted by molar-refractivity contribution is 0.133. The molecule has 0 saturated carbocycles. The van der Waals surface area contributed by atoms with Crippen molar-refractivity contribution in [1.82, 2.24) is 4.90 Å². The van der Waals surface area contributed by atoms with E-state index >= 15 is 0 Å². The predicted octanol–water partition coefficient (Wildman–Crippen LogP) is 6.33. The zero-order chi connectivity index (χ0) is 22.0. The van der Waals surface area contributed by atoms with Gasteiger partial charge in [0, 0.05) is 28.8 Å². The summed E-state index contributed by atoms with van der Waals surface area (Å²) in [4.78, 5) is 2.66. The predicted molar refractivity (Wildman–Crippen MR) is 129 cm³/mol. The zero-order valence-corrected chi connectivity index (χ0v) is 20.0. The van der Waals surface area contributed by atoms with E-state index in [1.807, 2.05) is 0 Å². The number of nitrogens with two attached hydrogens (primary N) is 1. The topological polar surface area (TPSA) is 38.5 Å². The molecule has 3 aliphatic rings. The van der Waals surface area contributed by atoms with Crippen LogP contribution in [0.5, 0.6) is 0 Å². The maximum absolute atomic E-state index is 6.79. The summed E-state index contributed by atoms with van der Waals surface area (Å²) in [6, 6.07) is 10.9. The molecule has 1 fully saturated rings. The molecule has 3 heteroatoms. The first-order valence-corrected chi connectivity index (χ1v) is 12.2. The van der Waals surface area contributed by atoms with Gasteiger partial charge in [-0.3, -0.25) is 0 Å². The molecule has 2 N–H and O–H groups in total. The summed E-state index contributed by atoms with van der Waals surface area (Å²) < 4.78 is 5.99. The van der Waals surface area contributed by atoms with Crippen molar-refractivity contribution in [3.05, 3.63) is 69.8 Å². The largest absolute Gasteiger partial charge is 0.466 e. The first-order valence-electron chi connectivity index (χ1n) is 12.2. The first kappa shape index (κ1) is 22.2. The van der Waals surface area contributed by atoms with Crippen LogP contribution in [0.15, 0.2) is 64.3 Å². The van der Waals surface area contributed by atoms with Crippen LogP contribution in [-0.2, 0) is 11.2 Å². The Kier molecular flexibility index (Phi) is 6.62. The summed E-state index contributed by atoms with van der Waals surface area (Å²) in [5.74, 6) is 2.93. The number of ether oxygens (including phenoxy) is 1. The Bertz CT molecular complexity index is 887. The van der Waals surface area contributed by atoms with E-state index < -0.39 is 0 Å². The number of likely N-dealkylation sites (tertiary alicyclic amines) is 1. The summed E-state index contributed by atoms with van der Waals surface area (Å²) in [7, 11) is 0. The van der Waals surface area contributed by atoms with E-state index in [0.717, 1.165) is 36.1 Å².